The van der Waals surface area contributed by atoms with Crippen LogP contribution < -0.4 is 11.5 Å². The van der Waals surface area contributed by atoms with Crippen molar-refractivity contribution in [1.82, 2.24) is 19.5 Å². The highest BCUT2D eigenvalue weighted by Gasteiger charge is 2.17. The Labute approximate surface area is 166 Å². The van der Waals surface area contributed by atoms with Crippen molar-refractivity contribution in [2.75, 3.05) is 5.73 Å². The lowest BCUT2D eigenvalue weighted by Gasteiger charge is -2.13. The predicted octanol–water partition coefficient (Wildman–Crippen LogP) is 4.38. The maximum Gasteiger partial charge on any atom is 0.175 e. The molecule has 4 N–H and O–H groups in total. The van der Waals surface area contributed by atoms with Crippen molar-refractivity contribution in [3.8, 4) is 0 Å². The van der Waals surface area contributed by atoms with E-state index in [0.29, 0.717) is 33.6 Å². The number of nitrogens with two attached hydrogens (primary N) is 2. The lowest BCUT2D eigenvalue weighted by atomic mass is 10.1. The van der Waals surface area contributed by atoms with Crippen LogP contribution in [0.4, 0.5) is 5.82 Å². The van der Waals surface area contributed by atoms with Crippen LogP contribution in [0.15, 0.2) is 34.6 Å². The quantitative estimate of drug-likeness (QED) is 0.599. The maximum absolute atomic E-state index is 6.18. The van der Waals surface area contributed by atoms with Gasteiger partial charge in [0.15, 0.2) is 22.1 Å². The molecule has 3 rings (SSSR count). The van der Waals surface area contributed by atoms with Gasteiger partial charge in [0.25, 0.3) is 0 Å². The number of fused-ring (bicyclic) bond motifs is 1. The zero-order valence-electron chi connectivity index (χ0n) is 14.3. The number of aromatic nitrogens is 4. The molecule has 9 heteroatoms. The Morgan fingerprint density at radius 2 is 1.88 bits per heavy atom. The summed E-state index contributed by atoms with van der Waals surface area (Å²) in [6.07, 6.45) is 4.32. The number of imidazole rings is 1. The Kier molecular flexibility index (Phi) is 6.24. The van der Waals surface area contributed by atoms with Crippen molar-refractivity contribution in [1.29, 1.82) is 0 Å². The van der Waals surface area contributed by atoms with E-state index in [1.165, 1.54) is 18.1 Å². The number of halogens is 2. The van der Waals surface area contributed by atoms with E-state index in [9.17, 15) is 0 Å². The van der Waals surface area contributed by atoms with E-state index in [1.54, 1.807) is 6.07 Å². The average Bonchev–Trinajstić information content (AvgIpc) is 2.91. The molecule has 1 atom stereocenters. The molecule has 0 aliphatic heterocycles. The highest BCUT2D eigenvalue weighted by molar-refractivity contribution is 7.99. The summed E-state index contributed by atoms with van der Waals surface area (Å²) in [4.78, 5) is 13.9. The molecule has 0 amide bonds. The van der Waals surface area contributed by atoms with Gasteiger partial charge in [-0.1, -0.05) is 48.3 Å². The van der Waals surface area contributed by atoms with Crippen molar-refractivity contribution in [2.24, 2.45) is 5.73 Å². The Balaban J connectivity index is 1.97. The van der Waals surface area contributed by atoms with Gasteiger partial charge in [0.1, 0.15) is 6.33 Å². The molecule has 0 spiro atoms. The third-order valence-corrected chi connectivity index (χ3v) is 5.36. The van der Waals surface area contributed by atoms with Crippen LogP contribution in [0.1, 0.15) is 26.2 Å². The first-order valence-corrected chi connectivity index (χ1v) is 9.91. The van der Waals surface area contributed by atoms with Crippen LogP contribution in [0, 0.1) is 0 Å². The molecule has 0 radical (unpaired) electrons. The molecule has 6 nitrogen and oxygen atoms in total. The molecular formula is C17H20Cl2N6S. The molecule has 3 aromatic rings. The molecule has 26 heavy (non-hydrogen) atoms. The molecule has 0 bridgehead atoms. The standard InChI is InChI=1S/C17H20Cl2N6S/c1-2-3-12(20)4-5-25-16-14(15(21)22-9-23-16)24-17(25)26-13-7-10(18)6-11(19)8-13/h6-9,12H,2-5,20H2,1H3,(H2,21,22,23). The fourth-order valence-corrected chi connectivity index (χ4v) is 4.38. The lowest BCUT2D eigenvalue weighted by Crippen LogP contribution is -2.21. The molecular weight excluding hydrogens is 391 g/mol. The van der Waals surface area contributed by atoms with Crippen LogP contribution in [-0.2, 0) is 6.54 Å². The minimum Gasteiger partial charge on any atom is -0.382 e. The van der Waals surface area contributed by atoms with Gasteiger partial charge in [-0.05, 0) is 31.0 Å². The van der Waals surface area contributed by atoms with Gasteiger partial charge < -0.3 is 16.0 Å². The fraction of sp³-hybridized carbons (Fsp3) is 0.353. The summed E-state index contributed by atoms with van der Waals surface area (Å²) in [6, 6.07) is 5.53. The van der Waals surface area contributed by atoms with Crippen LogP contribution in [0.3, 0.4) is 0 Å². The largest absolute Gasteiger partial charge is 0.382 e. The zero-order chi connectivity index (χ0) is 18.7. The summed E-state index contributed by atoms with van der Waals surface area (Å²) in [5.41, 5.74) is 13.5. The predicted molar refractivity (Wildman–Crippen MR) is 108 cm³/mol. The molecule has 2 heterocycles. The molecule has 2 aromatic heterocycles. The van der Waals surface area contributed by atoms with E-state index in [-0.39, 0.29) is 6.04 Å². The molecule has 0 fully saturated rings. The summed E-state index contributed by atoms with van der Waals surface area (Å²) < 4.78 is 2.03. The van der Waals surface area contributed by atoms with Gasteiger partial charge in [0.05, 0.1) is 0 Å². The van der Waals surface area contributed by atoms with Crippen molar-refractivity contribution in [2.45, 2.75) is 48.8 Å². The van der Waals surface area contributed by atoms with Crippen molar-refractivity contribution in [3.63, 3.8) is 0 Å². The number of hydrogen-bond donors (Lipinski definition) is 2. The van der Waals surface area contributed by atoms with Gasteiger partial charge in [-0.15, -0.1) is 0 Å². The highest BCUT2D eigenvalue weighted by Crippen LogP contribution is 2.34. The molecule has 138 valence electrons. The van der Waals surface area contributed by atoms with Gasteiger partial charge >= 0.3 is 0 Å². The summed E-state index contributed by atoms with van der Waals surface area (Å²) in [7, 11) is 0. The molecule has 0 aliphatic carbocycles. The van der Waals surface area contributed by atoms with E-state index in [1.807, 2.05) is 16.7 Å². The number of nitrogen functional groups attached to an aromatic ring is 1. The van der Waals surface area contributed by atoms with E-state index in [0.717, 1.165) is 29.3 Å². The van der Waals surface area contributed by atoms with E-state index < -0.39 is 0 Å². The van der Waals surface area contributed by atoms with Crippen molar-refractivity contribution >= 4 is 51.9 Å². The highest BCUT2D eigenvalue weighted by atomic mass is 35.5. The van der Waals surface area contributed by atoms with E-state index in [4.69, 9.17) is 34.7 Å². The second-order valence-corrected chi connectivity index (χ2v) is 7.94. The first-order valence-electron chi connectivity index (χ1n) is 8.34. The molecule has 0 saturated heterocycles. The minimum atomic E-state index is 0.134. The first-order chi connectivity index (χ1) is 12.5. The van der Waals surface area contributed by atoms with Crippen LogP contribution in [-0.4, -0.2) is 25.6 Å². The third kappa shape index (κ3) is 4.40. The normalized spacial score (nSPS) is 12.6. The number of nitrogens with zero attached hydrogens (tertiary/aromatic N) is 4. The van der Waals surface area contributed by atoms with E-state index in [2.05, 4.69) is 21.9 Å². The van der Waals surface area contributed by atoms with Crippen molar-refractivity contribution < 1.29 is 0 Å². The number of hydrogen-bond acceptors (Lipinski definition) is 6. The van der Waals surface area contributed by atoms with Gasteiger partial charge in [-0.3, -0.25) is 0 Å². The Morgan fingerprint density at radius 1 is 1.15 bits per heavy atom. The SMILES string of the molecule is CCCC(N)CCn1c(Sc2cc(Cl)cc(Cl)c2)nc2c(N)ncnc21. The monoisotopic (exact) mass is 410 g/mol. The lowest BCUT2D eigenvalue weighted by molar-refractivity contribution is 0.498. The van der Waals surface area contributed by atoms with Crippen LogP contribution in [0.2, 0.25) is 10.0 Å². The topological polar surface area (TPSA) is 95.6 Å². The molecule has 1 aromatic carbocycles. The van der Waals surface area contributed by atoms with Crippen LogP contribution >= 0.6 is 35.0 Å². The Bertz CT molecular complexity index is 893. The molecule has 0 aliphatic rings. The maximum atomic E-state index is 6.18. The van der Waals surface area contributed by atoms with Crippen LogP contribution in [0.5, 0.6) is 0 Å². The Hall–Kier alpha value is -1.54. The first kappa shape index (κ1) is 19.2. The number of rotatable bonds is 7. The zero-order valence-corrected chi connectivity index (χ0v) is 16.7. The van der Waals surface area contributed by atoms with Gasteiger partial charge in [0.2, 0.25) is 0 Å². The smallest absolute Gasteiger partial charge is 0.175 e. The van der Waals surface area contributed by atoms with Gasteiger partial charge in [0, 0.05) is 27.5 Å². The second kappa shape index (κ2) is 8.43. The van der Waals surface area contributed by atoms with Gasteiger partial charge in [-0.2, -0.15) is 0 Å². The minimum absolute atomic E-state index is 0.134. The summed E-state index contributed by atoms with van der Waals surface area (Å²) in [5.74, 6) is 0.359. The summed E-state index contributed by atoms with van der Waals surface area (Å²) in [6.45, 7) is 2.83. The summed E-state index contributed by atoms with van der Waals surface area (Å²) >= 11 is 13.7. The summed E-state index contributed by atoms with van der Waals surface area (Å²) in [5, 5.41) is 1.91. The van der Waals surface area contributed by atoms with E-state index >= 15 is 0 Å². The Morgan fingerprint density at radius 3 is 2.58 bits per heavy atom. The third-order valence-electron chi connectivity index (χ3n) is 3.95. The second-order valence-electron chi connectivity index (χ2n) is 6.02. The average molecular weight is 411 g/mol. The van der Waals surface area contributed by atoms with Gasteiger partial charge in [-0.25, -0.2) is 15.0 Å². The number of benzene rings is 1. The molecule has 1 unspecified atom stereocenters. The molecule has 0 saturated carbocycles. The number of aryl methyl sites for hydroxylation is 1. The van der Waals surface area contributed by atoms with Crippen molar-refractivity contribution in [3.05, 3.63) is 34.6 Å². The number of anilines is 1. The fourth-order valence-electron chi connectivity index (χ4n) is 2.72. The van der Waals surface area contributed by atoms with Crippen LogP contribution in [0.25, 0.3) is 11.2 Å².